The Kier molecular flexibility index (Phi) is 1.37. The molecule has 0 unspecified atom stereocenters. The van der Waals surface area contributed by atoms with Gasteiger partial charge in [0.25, 0.3) is 0 Å². The molecule has 3 N–H and O–H groups in total. The van der Waals surface area contributed by atoms with E-state index >= 15 is 0 Å². The van der Waals surface area contributed by atoms with Gasteiger partial charge in [-0.05, 0) is 12.8 Å². The lowest BCUT2D eigenvalue weighted by atomic mass is 10.0. The molecule has 0 spiro atoms. The number of nitrogens with zero attached hydrogens (tertiary/aromatic N) is 1. The predicted molar refractivity (Wildman–Crippen MR) is 39.9 cm³/mol. The number of aromatic amines is 1. The molecule has 1 saturated carbocycles. The van der Waals surface area contributed by atoms with Gasteiger partial charge in [0.1, 0.15) is 5.82 Å². The summed E-state index contributed by atoms with van der Waals surface area (Å²) < 4.78 is 25.0. The molecule has 3 nitrogen and oxygen atoms in total. The molecule has 1 aromatic heterocycles. The van der Waals surface area contributed by atoms with E-state index < -0.39 is 11.8 Å². The number of anilines is 1. The summed E-state index contributed by atoms with van der Waals surface area (Å²) in [5, 5.41) is 6.16. The fourth-order valence-corrected chi connectivity index (χ4v) is 1.33. The van der Waals surface area contributed by atoms with Crippen LogP contribution in [0.3, 0.4) is 0 Å². The third kappa shape index (κ3) is 0.888. The molecule has 0 radical (unpaired) electrons. The van der Waals surface area contributed by atoms with Crippen molar-refractivity contribution in [3.63, 3.8) is 0 Å². The van der Waals surface area contributed by atoms with E-state index in [1.54, 1.807) is 0 Å². The molecule has 0 atom stereocenters. The Balaban J connectivity index is 2.30. The quantitative estimate of drug-likeness (QED) is 0.708. The van der Waals surface area contributed by atoms with Crippen LogP contribution < -0.4 is 5.73 Å². The Hall–Kier alpha value is -1.13. The number of aromatic nitrogens is 2. The monoisotopic (exact) mass is 173 g/mol. The van der Waals surface area contributed by atoms with Gasteiger partial charge in [-0.1, -0.05) is 0 Å². The van der Waals surface area contributed by atoms with Crippen molar-refractivity contribution in [3.8, 4) is 0 Å². The Bertz CT molecular complexity index is 291. The zero-order valence-electron chi connectivity index (χ0n) is 6.35. The summed E-state index contributed by atoms with van der Waals surface area (Å²) in [5.41, 5.74) is 4.82. The number of nitrogens with one attached hydrogen (secondary N) is 1. The van der Waals surface area contributed by atoms with Gasteiger partial charge in [-0.3, -0.25) is 5.10 Å². The van der Waals surface area contributed by atoms with E-state index in [9.17, 15) is 8.78 Å². The number of hydrogen-bond donors (Lipinski definition) is 2. The van der Waals surface area contributed by atoms with Crippen LogP contribution in [0, 0.1) is 0 Å². The minimum absolute atomic E-state index is 0.275. The summed E-state index contributed by atoms with van der Waals surface area (Å²) in [5.74, 6) is 0.275. The lowest BCUT2D eigenvalue weighted by molar-refractivity contribution is 0.0998. The number of nitrogens with two attached hydrogens (primary N) is 1. The highest BCUT2D eigenvalue weighted by atomic mass is 19.3. The van der Waals surface area contributed by atoms with E-state index in [-0.39, 0.29) is 5.82 Å². The molecule has 0 bridgehead atoms. The van der Waals surface area contributed by atoms with Gasteiger partial charge in [0, 0.05) is 11.8 Å². The average molecular weight is 173 g/mol. The van der Waals surface area contributed by atoms with Crippen LogP contribution in [0.1, 0.15) is 18.5 Å². The van der Waals surface area contributed by atoms with Gasteiger partial charge in [0.05, 0.1) is 5.41 Å². The summed E-state index contributed by atoms with van der Waals surface area (Å²) in [7, 11) is 0. The van der Waals surface area contributed by atoms with Gasteiger partial charge >= 0.3 is 0 Å². The second-order valence-corrected chi connectivity index (χ2v) is 3.16. The molecule has 1 heterocycles. The fraction of sp³-hybridized carbons (Fsp3) is 0.571. The normalized spacial score (nSPS) is 19.9. The van der Waals surface area contributed by atoms with Gasteiger partial charge in [-0.25, -0.2) is 8.78 Å². The summed E-state index contributed by atoms with van der Waals surface area (Å²) in [4.78, 5) is 0. The number of nitrogen functional groups attached to an aromatic ring is 1. The molecule has 12 heavy (non-hydrogen) atoms. The van der Waals surface area contributed by atoms with Crippen LogP contribution in [0.15, 0.2) is 6.07 Å². The maximum Gasteiger partial charge on any atom is 0.249 e. The van der Waals surface area contributed by atoms with Crippen molar-refractivity contribution in [1.29, 1.82) is 0 Å². The molecule has 0 aliphatic heterocycles. The summed E-state index contributed by atoms with van der Waals surface area (Å²) in [6, 6.07) is 1.49. The van der Waals surface area contributed by atoms with E-state index in [0.717, 1.165) is 0 Å². The van der Waals surface area contributed by atoms with Crippen LogP contribution in [0.5, 0.6) is 0 Å². The molecule has 66 valence electrons. The first kappa shape index (κ1) is 7.52. The summed E-state index contributed by atoms with van der Waals surface area (Å²) in [6.45, 7) is 0. The van der Waals surface area contributed by atoms with Crippen molar-refractivity contribution in [2.75, 3.05) is 5.73 Å². The lowest BCUT2D eigenvalue weighted by Crippen LogP contribution is -2.17. The van der Waals surface area contributed by atoms with Gasteiger partial charge in [-0.2, -0.15) is 5.10 Å². The molecule has 1 aliphatic carbocycles. The van der Waals surface area contributed by atoms with Crippen molar-refractivity contribution in [2.24, 2.45) is 0 Å². The van der Waals surface area contributed by atoms with Gasteiger partial charge in [0.2, 0.25) is 6.43 Å². The van der Waals surface area contributed by atoms with Crippen molar-refractivity contribution in [2.45, 2.75) is 24.7 Å². The number of halogens is 2. The van der Waals surface area contributed by atoms with Gasteiger partial charge < -0.3 is 5.73 Å². The van der Waals surface area contributed by atoms with Gasteiger partial charge in [0.15, 0.2) is 0 Å². The smallest absolute Gasteiger partial charge is 0.249 e. The molecule has 1 fully saturated rings. The second kappa shape index (κ2) is 2.18. The molecule has 1 aromatic rings. The van der Waals surface area contributed by atoms with Crippen molar-refractivity contribution >= 4 is 5.82 Å². The van der Waals surface area contributed by atoms with Crippen molar-refractivity contribution in [1.82, 2.24) is 10.2 Å². The third-order valence-corrected chi connectivity index (χ3v) is 2.34. The van der Waals surface area contributed by atoms with Crippen LogP contribution in [-0.2, 0) is 5.41 Å². The molecule has 0 aromatic carbocycles. The standard InChI is InChI=1S/C7H9F2N3/c8-6(9)7(1-2-7)4-3-5(10)12-11-4/h3,6H,1-2H2,(H3,10,11,12). The third-order valence-electron chi connectivity index (χ3n) is 2.34. The van der Waals surface area contributed by atoms with Crippen molar-refractivity contribution < 1.29 is 8.78 Å². The first-order chi connectivity index (χ1) is 5.65. The van der Waals surface area contributed by atoms with E-state index in [4.69, 9.17) is 5.73 Å². The minimum atomic E-state index is -2.32. The molecule has 1 aliphatic rings. The largest absolute Gasteiger partial charge is 0.382 e. The van der Waals surface area contributed by atoms with Gasteiger partial charge in [-0.15, -0.1) is 0 Å². The van der Waals surface area contributed by atoms with E-state index in [1.165, 1.54) is 6.07 Å². The first-order valence-electron chi connectivity index (χ1n) is 3.75. The molecular weight excluding hydrogens is 164 g/mol. The van der Waals surface area contributed by atoms with Crippen molar-refractivity contribution in [3.05, 3.63) is 11.8 Å². The lowest BCUT2D eigenvalue weighted by Gasteiger charge is -2.09. The molecule has 0 saturated heterocycles. The Morgan fingerprint density at radius 2 is 2.25 bits per heavy atom. The van der Waals surface area contributed by atoms with Crippen LogP contribution in [0.25, 0.3) is 0 Å². The topological polar surface area (TPSA) is 54.7 Å². The number of H-pyrrole nitrogens is 1. The van der Waals surface area contributed by atoms with Crippen LogP contribution >= 0.6 is 0 Å². The summed E-state index contributed by atoms with van der Waals surface area (Å²) in [6.07, 6.45) is -1.28. The highest BCUT2D eigenvalue weighted by Crippen LogP contribution is 2.52. The SMILES string of the molecule is Nc1cc(C2(C(F)F)CC2)[nH]n1. The number of alkyl halides is 2. The fourth-order valence-electron chi connectivity index (χ4n) is 1.33. The minimum Gasteiger partial charge on any atom is -0.382 e. The molecule has 5 heteroatoms. The number of hydrogen-bond acceptors (Lipinski definition) is 2. The zero-order chi connectivity index (χ0) is 8.77. The highest BCUT2D eigenvalue weighted by Gasteiger charge is 2.53. The van der Waals surface area contributed by atoms with Crippen LogP contribution in [-0.4, -0.2) is 16.6 Å². The first-order valence-corrected chi connectivity index (χ1v) is 3.75. The molecule has 2 rings (SSSR count). The van der Waals surface area contributed by atoms with Crippen LogP contribution in [0.4, 0.5) is 14.6 Å². The highest BCUT2D eigenvalue weighted by molar-refractivity contribution is 5.36. The summed E-state index contributed by atoms with van der Waals surface area (Å²) >= 11 is 0. The zero-order valence-corrected chi connectivity index (χ0v) is 6.35. The maximum absolute atomic E-state index is 12.5. The average Bonchev–Trinajstić information content (AvgIpc) is 2.71. The maximum atomic E-state index is 12.5. The van der Waals surface area contributed by atoms with E-state index in [2.05, 4.69) is 10.2 Å². The predicted octanol–water partition coefficient (Wildman–Crippen LogP) is 1.29. The Labute approximate surface area is 68.0 Å². The second-order valence-electron chi connectivity index (χ2n) is 3.16. The van der Waals surface area contributed by atoms with E-state index in [1.807, 2.05) is 0 Å². The Morgan fingerprint density at radius 1 is 1.58 bits per heavy atom. The van der Waals surface area contributed by atoms with E-state index in [0.29, 0.717) is 18.5 Å². The molecular formula is C7H9F2N3. The van der Waals surface area contributed by atoms with Crippen LogP contribution in [0.2, 0.25) is 0 Å². The number of rotatable bonds is 2. The Morgan fingerprint density at radius 3 is 2.58 bits per heavy atom. The molecule has 0 amide bonds.